The highest BCUT2D eigenvalue weighted by Crippen LogP contribution is 2.28. The zero-order valence-corrected chi connectivity index (χ0v) is 12.6. The Kier molecular flexibility index (Phi) is 4.38. The SMILES string of the molecule is [O-]N(O)c1ccc(Cl)cc1N/N=C/c1cccc2cccnc12. The number of hydrogen-bond donors (Lipinski definition) is 2. The van der Waals surface area contributed by atoms with Gasteiger partial charge in [0.15, 0.2) is 0 Å². The van der Waals surface area contributed by atoms with Gasteiger partial charge in [-0.15, -0.1) is 0 Å². The van der Waals surface area contributed by atoms with E-state index in [0.717, 1.165) is 16.5 Å². The third-order valence-corrected chi connectivity index (χ3v) is 3.45. The van der Waals surface area contributed by atoms with Crippen molar-refractivity contribution < 1.29 is 5.21 Å². The number of nitrogens with one attached hydrogen (secondary N) is 1. The summed E-state index contributed by atoms with van der Waals surface area (Å²) >= 11 is 5.89. The van der Waals surface area contributed by atoms with Crippen LogP contribution in [0.5, 0.6) is 0 Å². The van der Waals surface area contributed by atoms with E-state index in [4.69, 9.17) is 16.8 Å². The van der Waals surface area contributed by atoms with Crippen LogP contribution in [0.15, 0.2) is 59.8 Å². The molecule has 7 heteroatoms. The highest BCUT2D eigenvalue weighted by molar-refractivity contribution is 6.31. The Morgan fingerprint density at radius 1 is 1.22 bits per heavy atom. The molecule has 6 nitrogen and oxygen atoms in total. The second-order valence-corrected chi connectivity index (χ2v) is 5.16. The summed E-state index contributed by atoms with van der Waals surface area (Å²) in [5, 5.41) is 25.5. The molecule has 23 heavy (non-hydrogen) atoms. The van der Waals surface area contributed by atoms with Crippen LogP contribution in [-0.4, -0.2) is 16.4 Å². The predicted molar refractivity (Wildman–Crippen MR) is 92.0 cm³/mol. The highest BCUT2D eigenvalue weighted by Gasteiger charge is 2.03. The third-order valence-electron chi connectivity index (χ3n) is 3.22. The zero-order valence-electron chi connectivity index (χ0n) is 11.8. The van der Waals surface area contributed by atoms with Crippen molar-refractivity contribution in [2.75, 3.05) is 10.7 Å². The first kappa shape index (κ1) is 15.2. The molecule has 3 aromatic rings. The summed E-state index contributed by atoms with van der Waals surface area (Å²) < 4.78 is 0. The van der Waals surface area contributed by atoms with Gasteiger partial charge in [0.25, 0.3) is 0 Å². The molecule has 0 fully saturated rings. The standard InChI is InChI=1S/C16H12ClN4O2/c17-13-6-7-15(21(22)23)14(9-13)20-19-10-12-4-1-3-11-5-2-8-18-16(11)12/h1-10,20,22H/q-1/b19-10+. The van der Waals surface area contributed by atoms with Gasteiger partial charge in [-0.3, -0.25) is 15.6 Å². The number of fused-ring (bicyclic) bond motifs is 1. The Labute approximate surface area is 137 Å². The molecule has 0 amide bonds. The highest BCUT2D eigenvalue weighted by atomic mass is 35.5. The summed E-state index contributed by atoms with van der Waals surface area (Å²) in [6, 6.07) is 14.0. The van der Waals surface area contributed by atoms with Gasteiger partial charge >= 0.3 is 0 Å². The quantitative estimate of drug-likeness (QED) is 0.558. The summed E-state index contributed by atoms with van der Waals surface area (Å²) in [4.78, 5) is 4.33. The number of rotatable bonds is 4. The first-order valence-electron chi connectivity index (χ1n) is 6.73. The van der Waals surface area contributed by atoms with Crippen LogP contribution >= 0.6 is 11.6 Å². The lowest BCUT2D eigenvalue weighted by atomic mass is 10.1. The van der Waals surface area contributed by atoms with Gasteiger partial charge in [-0.05, 0) is 24.3 Å². The molecule has 0 saturated heterocycles. The van der Waals surface area contributed by atoms with Crippen molar-refractivity contribution >= 4 is 40.1 Å². The van der Waals surface area contributed by atoms with Gasteiger partial charge in [0.1, 0.15) is 0 Å². The molecule has 0 radical (unpaired) electrons. The van der Waals surface area contributed by atoms with Gasteiger partial charge < -0.3 is 10.4 Å². The molecule has 0 spiro atoms. The molecule has 3 rings (SSSR count). The molecule has 2 aromatic carbocycles. The number of hydrogen-bond acceptors (Lipinski definition) is 6. The summed E-state index contributed by atoms with van der Waals surface area (Å²) in [5.74, 6) is 0. The van der Waals surface area contributed by atoms with Crippen LogP contribution in [0.3, 0.4) is 0 Å². The summed E-state index contributed by atoms with van der Waals surface area (Å²) in [5.41, 5.74) is 4.65. The van der Waals surface area contributed by atoms with Crippen LogP contribution in [0.4, 0.5) is 11.4 Å². The molecule has 0 aliphatic rings. The number of halogens is 1. The van der Waals surface area contributed by atoms with E-state index in [1.807, 2.05) is 30.3 Å². The van der Waals surface area contributed by atoms with E-state index in [1.54, 1.807) is 12.4 Å². The number of hydrazone groups is 1. The number of benzene rings is 2. The van der Waals surface area contributed by atoms with E-state index in [2.05, 4.69) is 15.5 Å². The average Bonchev–Trinajstić information content (AvgIpc) is 2.55. The van der Waals surface area contributed by atoms with E-state index < -0.39 is 0 Å². The second-order valence-electron chi connectivity index (χ2n) is 4.73. The van der Waals surface area contributed by atoms with E-state index in [-0.39, 0.29) is 10.9 Å². The summed E-state index contributed by atoms with van der Waals surface area (Å²) in [6.07, 6.45) is 3.30. The van der Waals surface area contributed by atoms with Gasteiger partial charge in [-0.2, -0.15) is 5.10 Å². The molecule has 1 aromatic heterocycles. The van der Waals surface area contributed by atoms with Gasteiger partial charge in [-0.1, -0.05) is 35.9 Å². The minimum atomic E-state index is -0.242. The van der Waals surface area contributed by atoms with Crippen LogP contribution in [0.2, 0.25) is 5.02 Å². The van der Waals surface area contributed by atoms with Crippen molar-refractivity contribution in [3.63, 3.8) is 0 Å². The maximum absolute atomic E-state index is 11.1. The maximum Gasteiger partial charge on any atom is 0.0823 e. The predicted octanol–water partition coefficient (Wildman–Crippen LogP) is 4.03. The van der Waals surface area contributed by atoms with E-state index in [1.165, 1.54) is 18.2 Å². The topological polar surface area (TPSA) is 83.8 Å². The Morgan fingerprint density at radius 2 is 2.04 bits per heavy atom. The van der Waals surface area contributed by atoms with Crippen molar-refractivity contribution in [1.29, 1.82) is 0 Å². The minimum absolute atomic E-state index is 0.0163. The Balaban J connectivity index is 1.88. The average molecular weight is 328 g/mol. The van der Waals surface area contributed by atoms with Crippen molar-refractivity contribution in [1.82, 2.24) is 4.98 Å². The van der Waals surface area contributed by atoms with E-state index >= 15 is 0 Å². The number of pyridine rings is 1. The van der Waals surface area contributed by atoms with E-state index in [0.29, 0.717) is 10.7 Å². The minimum Gasteiger partial charge on any atom is -0.733 e. The zero-order chi connectivity index (χ0) is 16.2. The van der Waals surface area contributed by atoms with Gasteiger partial charge in [-0.25, -0.2) is 0 Å². The fourth-order valence-corrected chi connectivity index (χ4v) is 2.34. The molecule has 0 atom stereocenters. The molecule has 2 N–H and O–H groups in total. The Hall–Kier alpha value is -2.67. The lowest BCUT2D eigenvalue weighted by molar-refractivity contribution is 0.297. The molecule has 0 aliphatic carbocycles. The van der Waals surface area contributed by atoms with Crippen LogP contribution in [0, 0.1) is 5.21 Å². The molecular formula is C16H12ClN4O2-. The monoisotopic (exact) mass is 327 g/mol. The molecule has 0 saturated carbocycles. The van der Waals surface area contributed by atoms with Crippen molar-refractivity contribution in [2.45, 2.75) is 0 Å². The molecule has 1 heterocycles. The van der Waals surface area contributed by atoms with Crippen molar-refractivity contribution in [3.05, 3.63) is 70.5 Å². The van der Waals surface area contributed by atoms with Crippen molar-refractivity contribution in [3.8, 4) is 0 Å². The lowest BCUT2D eigenvalue weighted by Crippen LogP contribution is -2.09. The number of anilines is 2. The van der Waals surface area contributed by atoms with Crippen LogP contribution in [-0.2, 0) is 0 Å². The normalized spacial score (nSPS) is 11.1. The molecule has 116 valence electrons. The summed E-state index contributed by atoms with van der Waals surface area (Å²) in [7, 11) is 0. The largest absolute Gasteiger partial charge is 0.733 e. The molecular weight excluding hydrogens is 316 g/mol. The molecule has 0 aliphatic heterocycles. The fraction of sp³-hybridized carbons (Fsp3) is 0. The summed E-state index contributed by atoms with van der Waals surface area (Å²) in [6.45, 7) is 0. The molecule has 0 unspecified atom stereocenters. The van der Waals surface area contributed by atoms with Crippen LogP contribution in [0.25, 0.3) is 10.9 Å². The lowest BCUT2D eigenvalue weighted by Gasteiger charge is -2.24. The Morgan fingerprint density at radius 3 is 2.87 bits per heavy atom. The first-order valence-corrected chi connectivity index (χ1v) is 7.11. The van der Waals surface area contributed by atoms with Crippen molar-refractivity contribution in [2.24, 2.45) is 5.10 Å². The van der Waals surface area contributed by atoms with Gasteiger partial charge in [0.2, 0.25) is 0 Å². The second kappa shape index (κ2) is 6.62. The van der Waals surface area contributed by atoms with Gasteiger partial charge in [0.05, 0.1) is 23.1 Å². The third kappa shape index (κ3) is 3.40. The number of aromatic nitrogens is 1. The Bertz CT molecular complexity index is 862. The number of nitrogens with zero attached hydrogens (tertiary/aromatic N) is 3. The number of para-hydroxylation sites is 1. The first-order chi connectivity index (χ1) is 11.1. The molecule has 0 bridgehead atoms. The van der Waals surface area contributed by atoms with Crippen LogP contribution < -0.4 is 10.7 Å². The van der Waals surface area contributed by atoms with Crippen LogP contribution in [0.1, 0.15) is 5.56 Å². The van der Waals surface area contributed by atoms with Gasteiger partial charge in [0, 0.05) is 22.2 Å². The fourth-order valence-electron chi connectivity index (χ4n) is 2.17. The maximum atomic E-state index is 11.1. The van der Waals surface area contributed by atoms with E-state index in [9.17, 15) is 5.21 Å². The smallest absolute Gasteiger partial charge is 0.0823 e.